The van der Waals surface area contributed by atoms with Crippen LogP contribution in [-0.4, -0.2) is 49.8 Å². The Kier molecular flexibility index (Phi) is 7.58. The van der Waals surface area contributed by atoms with Crippen LogP contribution in [0.4, 0.5) is 11.6 Å². The number of nitrogens with two attached hydrogens (primary N) is 1. The maximum absolute atomic E-state index is 13.0. The average molecular weight is 486 g/mol. The summed E-state index contributed by atoms with van der Waals surface area (Å²) in [5, 5.41) is 2.90. The zero-order valence-electron chi connectivity index (χ0n) is 20.8. The molecular weight excluding hydrogens is 454 g/mol. The minimum Gasteiger partial charge on any atom is -0.399 e. The van der Waals surface area contributed by atoms with Crippen molar-refractivity contribution in [3.63, 3.8) is 0 Å². The van der Waals surface area contributed by atoms with Gasteiger partial charge in [0.1, 0.15) is 5.52 Å². The number of nitrogens with zero attached hydrogens (tertiary/aromatic N) is 5. The third-order valence-corrected chi connectivity index (χ3v) is 6.15. The number of nitrogens with one attached hydrogen (secondary N) is 1. The second kappa shape index (κ2) is 11.0. The van der Waals surface area contributed by atoms with Gasteiger partial charge in [-0.05, 0) is 49.2 Å². The number of carbonyl (C=O) groups excluding carboxylic acids is 2. The van der Waals surface area contributed by atoms with Crippen LogP contribution in [0.3, 0.4) is 0 Å². The fourth-order valence-corrected chi connectivity index (χ4v) is 4.10. The van der Waals surface area contributed by atoms with Crippen LogP contribution in [-0.2, 0) is 0 Å². The summed E-state index contributed by atoms with van der Waals surface area (Å²) in [5.41, 5.74) is 9.22. The highest BCUT2D eigenvalue weighted by atomic mass is 16.2. The highest BCUT2D eigenvalue weighted by Gasteiger charge is 2.22. The quantitative estimate of drug-likeness (QED) is 0.265. The van der Waals surface area contributed by atoms with E-state index in [1.165, 1.54) is 0 Å². The Bertz CT molecular complexity index is 1370. The zero-order valence-corrected chi connectivity index (χ0v) is 20.8. The van der Waals surface area contributed by atoms with E-state index in [1.807, 2.05) is 23.6 Å². The molecule has 2 amide bonds. The Morgan fingerprint density at radius 1 is 1.11 bits per heavy atom. The van der Waals surface area contributed by atoms with Crippen molar-refractivity contribution in [1.82, 2.24) is 24.4 Å². The Hall–Kier alpha value is -4.27. The minimum atomic E-state index is -0.343. The summed E-state index contributed by atoms with van der Waals surface area (Å²) >= 11 is 0. The number of carbonyl (C=O) groups is 2. The van der Waals surface area contributed by atoms with Crippen LogP contribution in [0.5, 0.6) is 0 Å². The topological polar surface area (TPSA) is 119 Å². The second-order valence-electron chi connectivity index (χ2n) is 8.85. The third-order valence-electron chi connectivity index (χ3n) is 6.15. The van der Waals surface area contributed by atoms with Gasteiger partial charge in [-0.2, -0.15) is 0 Å². The summed E-state index contributed by atoms with van der Waals surface area (Å²) in [6, 6.07) is 12.0. The normalized spacial score (nSPS) is 11.9. The van der Waals surface area contributed by atoms with E-state index in [2.05, 4.69) is 27.2 Å². The second-order valence-corrected chi connectivity index (χ2v) is 8.85. The molecule has 3 heterocycles. The molecule has 1 atom stereocenters. The molecular formula is C27H31N7O2. The molecule has 0 fully saturated rings. The van der Waals surface area contributed by atoms with E-state index in [0.29, 0.717) is 40.5 Å². The van der Waals surface area contributed by atoms with Crippen LogP contribution in [0.2, 0.25) is 0 Å². The van der Waals surface area contributed by atoms with Crippen molar-refractivity contribution in [2.75, 3.05) is 24.6 Å². The Morgan fingerprint density at radius 2 is 1.94 bits per heavy atom. The maximum atomic E-state index is 13.0. The summed E-state index contributed by atoms with van der Waals surface area (Å²) in [6.07, 6.45) is 8.15. The smallest absolute Gasteiger partial charge is 0.258 e. The van der Waals surface area contributed by atoms with Gasteiger partial charge in [0.15, 0.2) is 5.65 Å². The number of unbranched alkanes of at least 4 members (excludes halogenated alkanes) is 2. The number of hydrogen-bond donors (Lipinski definition) is 2. The molecule has 1 unspecified atom stereocenters. The predicted molar refractivity (Wildman–Crippen MR) is 141 cm³/mol. The number of anilines is 2. The molecule has 0 aliphatic heterocycles. The van der Waals surface area contributed by atoms with E-state index >= 15 is 0 Å². The van der Waals surface area contributed by atoms with Gasteiger partial charge in [-0.3, -0.25) is 24.5 Å². The van der Waals surface area contributed by atoms with Crippen LogP contribution < -0.4 is 11.1 Å². The van der Waals surface area contributed by atoms with Crippen molar-refractivity contribution in [3.8, 4) is 0 Å². The van der Waals surface area contributed by atoms with Crippen molar-refractivity contribution in [1.29, 1.82) is 0 Å². The van der Waals surface area contributed by atoms with Gasteiger partial charge in [-0.25, -0.2) is 9.97 Å². The van der Waals surface area contributed by atoms with E-state index in [0.717, 1.165) is 24.8 Å². The number of rotatable bonds is 9. The summed E-state index contributed by atoms with van der Waals surface area (Å²) in [4.78, 5) is 41.2. The molecule has 0 saturated carbocycles. The number of aromatic nitrogens is 4. The first kappa shape index (κ1) is 24.8. The van der Waals surface area contributed by atoms with Crippen LogP contribution in [0.25, 0.3) is 11.2 Å². The highest BCUT2D eigenvalue weighted by molar-refractivity contribution is 6.04. The molecule has 0 saturated heterocycles. The number of pyridine rings is 2. The van der Waals surface area contributed by atoms with Gasteiger partial charge in [0, 0.05) is 43.4 Å². The standard InChI is InChI=1S/C27H31N7O2/c1-4-5-6-13-33(3)26(36)21-15-23-24(30-17-21)34(18(2)20-10-8-12-29-16-20)27(31-23)32-25(35)19-9-7-11-22(28)14-19/h7-12,14-18H,4-6,13,28H2,1-3H3,(H,31,32,35). The Balaban J connectivity index is 1.72. The van der Waals surface area contributed by atoms with Crippen molar-refractivity contribution in [2.24, 2.45) is 0 Å². The average Bonchev–Trinajstić information content (AvgIpc) is 3.25. The van der Waals surface area contributed by atoms with Crippen LogP contribution in [0, 0.1) is 0 Å². The van der Waals surface area contributed by atoms with Gasteiger partial charge in [-0.15, -0.1) is 0 Å². The molecule has 0 radical (unpaired) electrons. The summed E-state index contributed by atoms with van der Waals surface area (Å²) in [5.74, 6) is -0.132. The van der Waals surface area contributed by atoms with Gasteiger partial charge < -0.3 is 10.6 Å². The first-order valence-electron chi connectivity index (χ1n) is 12.1. The lowest BCUT2D eigenvalue weighted by molar-refractivity contribution is 0.0792. The van der Waals surface area contributed by atoms with Gasteiger partial charge >= 0.3 is 0 Å². The molecule has 4 aromatic rings. The van der Waals surface area contributed by atoms with Crippen molar-refractivity contribution < 1.29 is 9.59 Å². The number of benzene rings is 1. The van der Waals surface area contributed by atoms with Crippen molar-refractivity contribution in [3.05, 3.63) is 77.7 Å². The van der Waals surface area contributed by atoms with E-state index in [1.54, 1.807) is 60.9 Å². The zero-order chi connectivity index (χ0) is 25.7. The van der Waals surface area contributed by atoms with Crippen molar-refractivity contribution >= 4 is 34.6 Å². The largest absolute Gasteiger partial charge is 0.399 e. The lowest BCUT2D eigenvalue weighted by atomic mass is 10.1. The molecule has 1 aromatic carbocycles. The van der Waals surface area contributed by atoms with E-state index in [9.17, 15) is 9.59 Å². The Morgan fingerprint density at radius 3 is 2.67 bits per heavy atom. The van der Waals surface area contributed by atoms with E-state index in [-0.39, 0.29) is 17.9 Å². The lowest BCUT2D eigenvalue weighted by Crippen LogP contribution is -2.27. The molecule has 186 valence electrons. The summed E-state index contributed by atoms with van der Waals surface area (Å²) in [7, 11) is 1.79. The molecule has 36 heavy (non-hydrogen) atoms. The predicted octanol–water partition coefficient (Wildman–Crippen LogP) is 4.53. The van der Waals surface area contributed by atoms with Crippen LogP contribution in [0.15, 0.2) is 61.1 Å². The van der Waals surface area contributed by atoms with Gasteiger partial charge in [0.25, 0.3) is 11.8 Å². The van der Waals surface area contributed by atoms with Gasteiger partial charge in [0.05, 0.1) is 11.6 Å². The number of imidazole rings is 1. The number of fused-ring (bicyclic) bond motifs is 1. The fourth-order valence-electron chi connectivity index (χ4n) is 4.10. The molecule has 9 nitrogen and oxygen atoms in total. The van der Waals surface area contributed by atoms with Crippen LogP contribution in [0.1, 0.15) is 65.4 Å². The molecule has 0 spiro atoms. The fraction of sp³-hybridized carbons (Fsp3) is 0.296. The summed E-state index contributed by atoms with van der Waals surface area (Å²) < 4.78 is 1.84. The van der Waals surface area contributed by atoms with Gasteiger partial charge in [0.2, 0.25) is 5.95 Å². The monoisotopic (exact) mass is 485 g/mol. The van der Waals surface area contributed by atoms with Crippen molar-refractivity contribution in [2.45, 2.75) is 39.2 Å². The SMILES string of the molecule is CCCCCN(C)C(=O)c1cnc2c(c1)nc(NC(=O)c1cccc(N)c1)n2C(C)c1cccnc1. The molecule has 4 rings (SSSR count). The van der Waals surface area contributed by atoms with E-state index in [4.69, 9.17) is 5.73 Å². The molecule has 9 heteroatoms. The number of hydrogen-bond acceptors (Lipinski definition) is 6. The highest BCUT2D eigenvalue weighted by Crippen LogP contribution is 2.28. The number of nitrogen functional groups attached to an aromatic ring is 1. The third kappa shape index (κ3) is 5.35. The number of amides is 2. The Labute approximate surface area is 210 Å². The first-order valence-corrected chi connectivity index (χ1v) is 12.1. The molecule has 3 aromatic heterocycles. The molecule has 0 aliphatic rings. The molecule has 0 aliphatic carbocycles. The summed E-state index contributed by atoms with van der Waals surface area (Å²) in [6.45, 7) is 4.79. The first-order chi connectivity index (χ1) is 17.4. The maximum Gasteiger partial charge on any atom is 0.258 e. The molecule has 0 bridgehead atoms. The van der Waals surface area contributed by atoms with Crippen LogP contribution >= 0.6 is 0 Å². The van der Waals surface area contributed by atoms with Gasteiger partial charge in [-0.1, -0.05) is 31.9 Å². The van der Waals surface area contributed by atoms with E-state index < -0.39 is 0 Å². The molecule has 3 N–H and O–H groups in total. The minimum absolute atomic E-state index is 0.110. The lowest BCUT2D eigenvalue weighted by Gasteiger charge is -2.18.